The Balaban J connectivity index is 2.99. The molecule has 0 heterocycles. The summed E-state index contributed by atoms with van der Waals surface area (Å²) >= 11 is 0. The van der Waals surface area contributed by atoms with E-state index in [4.69, 9.17) is 0 Å². The van der Waals surface area contributed by atoms with Crippen LogP contribution in [0.15, 0.2) is 0 Å². The molecule has 1 fully saturated rings. The van der Waals surface area contributed by atoms with E-state index in [2.05, 4.69) is 26.1 Å². The van der Waals surface area contributed by atoms with Crippen molar-refractivity contribution in [3.8, 4) is 0 Å². The summed E-state index contributed by atoms with van der Waals surface area (Å²) in [5.74, 6) is 1.21. The van der Waals surface area contributed by atoms with E-state index >= 15 is 0 Å². The van der Waals surface area contributed by atoms with Gasteiger partial charge in [0, 0.05) is 7.05 Å². The Morgan fingerprint density at radius 2 is 2.00 bits per heavy atom. The van der Waals surface area contributed by atoms with E-state index in [-0.39, 0.29) is 11.3 Å². The summed E-state index contributed by atoms with van der Waals surface area (Å²) in [5.41, 5.74) is -0.120. The fraction of sp³-hybridized carbons (Fsp3) is 0.923. The maximum absolute atomic E-state index is 12.2. The molecule has 1 aliphatic carbocycles. The van der Waals surface area contributed by atoms with E-state index in [9.17, 15) is 4.79 Å². The van der Waals surface area contributed by atoms with Crippen LogP contribution in [0.25, 0.3) is 0 Å². The van der Waals surface area contributed by atoms with Crippen LogP contribution in [-0.2, 0) is 4.79 Å². The molecule has 1 N–H and O–H groups in total. The van der Waals surface area contributed by atoms with Crippen molar-refractivity contribution in [2.75, 3.05) is 7.05 Å². The summed E-state index contributed by atoms with van der Waals surface area (Å²) < 4.78 is 0. The molecule has 0 saturated heterocycles. The van der Waals surface area contributed by atoms with E-state index in [1.165, 1.54) is 25.7 Å². The van der Waals surface area contributed by atoms with Gasteiger partial charge in [-0.15, -0.1) is 0 Å². The van der Waals surface area contributed by atoms with Crippen molar-refractivity contribution >= 4 is 5.91 Å². The molecule has 0 spiro atoms. The molecule has 0 aromatic rings. The van der Waals surface area contributed by atoms with Crippen molar-refractivity contribution < 1.29 is 4.79 Å². The second kappa shape index (κ2) is 5.00. The molecular weight excluding hydrogens is 186 g/mol. The summed E-state index contributed by atoms with van der Waals surface area (Å²) in [6.45, 7) is 6.63. The van der Waals surface area contributed by atoms with Crippen molar-refractivity contribution in [1.82, 2.24) is 5.32 Å². The van der Waals surface area contributed by atoms with Crippen LogP contribution in [-0.4, -0.2) is 13.0 Å². The maximum Gasteiger partial charge on any atom is 0.226 e. The molecule has 15 heavy (non-hydrogen) atoms. The molecular formula is C13H25NO. The van der Waals surface area contributed by atoms with Crippen LogP contribution in [0.1, 0.15) is 52.9 Å². The Kier molecular flexibility index (Phi) is 4.18. The van der Waals surface area contributed by atoms with Crippen molar-refractivity contribution in [1.29, 1.82) is 0 Å². The standard InChI is InChI=1S/C13H25NO/c1-10(2)13(12(15)14-4)9-7-5-6-8-11(13)3/h10-11H,5-9H2,1-4H3,(H,14,15). The first-order chi connectivity index (χ1) is 7.05. The second-order valence-corrected chi connectivity index (χ2v) is 5.27. The molecule has 1 amide bonds. The number of hydrogen-bond acceptors (Lipinski definition) is 1. The number of amides is 1. The monoisotopic (exact) mass is 211 g/mol. The third-order valence-electron chi connectivity index (χ3n) is 4.29. The van der Waals surface area contributed by atoms with E-state index in [1.807, 2.05) is 0 Å². The van der Waals surface area contributed by atoms with Gasteiger partial charge in [-0.2, -0.15) is 0 Å². The van der Waals surface area contributed by atoms with Crippen molar-refractivity contribution in [3.05, 3.63) is 0 Å². The van der Waals surface area contributed by atoms with Gasteiger partial charge < -0.3 is 5.32 Å². The molecule has 0 aliphatic heterocycles. The lowest BCUT2D eigenvalue weighted by molar-refractivity contribution is -0.137. The number of rotatable bonds is 2. The first-order valence-corrected chi connectivity index (χ1v) is 6.28. The fourth-order valence-corrected chi connectivity index (χ4v) is 3.24. The summed E-state index contributed by atoms with van der Waals surface area (Å²) in [6, 6.07) is 0. The highest BCUT2D eigenvalue weighted by Gasteiger charge is 2.45. The minimum absolute atomic E-state index is 0.120. The van der Waals surface area contributed by atoms with E-state index in [1.54, 1.807) is 7.05 Å². The molecule has 0 radical (unpaired) electrons. The minimum atomic E-state index is -0.120. The minimum Gasteiger partial charge on any atom is -0.359 e. The highest BCUT2D eigenvalue weighted by molar-refractivity contribution is 5.83. The lowest BCUT2D eigenvalue weighted by atomic mass is 9.65. The van der Waals surface area contributed by atoms with Gasteiger partial charge >= 0.3 is 0 Å². The lowest BCUT2D eigenvalue weighted by Crippen LogP contribution is -2.47. The van der Waals surface area contributed by atoms with Crippen LogP contribution >= 0.6 is 0 Å². The van der Waals surface area contributed by atoms with Crippen LogP contribution in [0.3, 0.4) is 0 Å². The molecule has 2 nitrogen and oxygen atoms in total. The Morgan fingerprint density at radius 3 is 2.53 bits per heavy atom. The maximum atomic E-state index is 12.2. The van der Waals surface area contributed by atoms with E-state index < -0.39 is 0 Å². The smallest absolute Gasteiger partial charge is 0.226 e. The van der Waals surface area contributed by atoms with Gasteiger partial charge in [0.15, 0.2) is 0 Å². The topological polar surface area (TPSA) is 29.1 Å². The second-order valence-electron chi connectivity index (χ2n) is 5.27. The first kappa shape index (κ1) is 12.5. The highest BCUT2D eigenvalue weighted by Crippen LogP contribution is 2.45. The summed E-state index contributed by atoms with van der Waals surface area (Å²) in [5, 5.41) is 2.88. The molecule has 1 rings (SSSR count). The van der Waals surface area contributed by atoms with Crippen molar-refractivity contribution in [2.45, 2.75) is 52.9 Å². The van der Waals surface area contributed by atoms with Crippen LogP contribution in [0.2, 0.25) is 0 Å². The summed E-state index contributed by atoms with van der Waals surface area (Å²) in [6.07, 6.45) is 6.04. The molecule has 1 aliphatic rings. The summed E-state index contributed by atoms with van der Waals surface area (Å²) in [4.78, 5) is 12.2. The van der Waals surface area contributed by atoms with Gasteiger partial charge in [-0.05, 0) is 24.7 Å². The van der Waals surface area contributed by atoms with Crippen molar-refractivity contribution in [2.24, 2.45) is 17.3 Å². The van der Waals surface area contributed by atoms with Crippen LogP contribution < -0.4 is 5.32 Å². The Bertz CT molecular complexity index is 225. The number of carbonyl (C=O) groups excluding carboxylic acids is 1. The molecule has 0 aromatic heterocycles. The Morgan fingerprint density at radius 1 is 1.33 bits per heavy atom. The van der Waals surface area contributed by atoms with Gasteiger partial charge in [-0.3, -0.25) is 4.79 Å². The van der Waals surface area contributed by atoms with Gasteiger partial charge in [-0.1, -0.05) is 40.0 Å². The van der Waals surface area contributed by atoms with Gasteiger partial charge in [0.1, 0.15) is 0 Å². The van der Waals surface area contributed by atoms with Crippen molar-refractivity contribution in [3.63, 3.8) is 0 Å². The van der Waals surface area contributed by atoms with Gasteiger partial charge in [-0.25, -0.2) is 0 Å². The Hall–Kier alpha value is -0.530. The predicted molar refractivity (Wildman–Crippen MR) is 63.6 cm³/mol. The third kappa shape index (κ3) is 2.19. The summed E-state index contributed by atoms with van der Waals surface area (Å²) in [7, 11) is 1.77. The molecule has 2 unspecified atom stereocenters. The fourth-order valence-electron chi connectivity index (χ4n) is 3.24. The molecule has 1 saturated carbocycles. The third-order valence-corrected chi connectivity index (χ3v) is 4.29. The van der Waals surface area contributed by atoms with E-state index in [0.717, 1.165) is 6.42 Å². The van der Waals surface area contributed by atoms with Gasteiger partial charge in [0.05, 0.1) is 5.41 Å². The van der Waals surface area contributed by atoms with Gasteiger partial charge in [0.25, 0.3) is 0 Å². The average molecular weight is 211 g/mol. The molecule has 2 atom stereocenters. The van der Waals surface area contributed by atoms with Crippen LogP contribution in [0.5, 0.6) is 0 Å². The lowest BCUT2D eigenvalue weighted by Gasteiger charge is -2.40. The normalized spacial score (nSPS) is 32.5. The average Bonchev–Trinajstić information content (AvgIpc) is 2.39. The van der Waals surface area contributed by atoms with E-state index in [0.29, 0.717) is 11.8 Å². The number of nitrogens with one attached hydrogen (secondary N) is 1. The molecule has 88 valence electrons. The number of carbonyl (C=O) groups is 1. The number of hydrogen-bond donors (Lipinski definition) is 1. The Labute approximate surface area is 93.8 Å². The molecule has 0 aromatic carbocycles. The zero-order valence-corrected chi connectivity index (χ0v) is 10.6. The SMILES string of the molecule is CNC(=O)C1(C(C)C)CCCCCC1C. The zero-order valence-electron chi connectivity index (χ0n) is 10.6. The zero-order chi connectivity index (χ0) is 11.5. The van der Waals surface area contributed by atoms with Crippen LogP contribution in [0, 0.1) is 17.3 Å². The molecule has 0 bridgehead atoms. The predicted octanol–water partition coefficient (Wildman–Crippen LogP) is 2.98. The highest BCUT2D eigenvalue weighted by atomic mass is 16.2. The van der Waals surface area contributed by atoms with Gasteiger partial charge in [0.2, 0.25) is 5.91 Å². The van der Waals surface area contributed by atoms with Crippen LogP contribution in [0.4, 0.5) is 0 Å². The molecule has 2 heteroatoms. The largest absolute Gasteiger partial charge is 0.359 e. The first-order valence-electron chi connectivity index (χ1n) is 6.28. The quantitative estimate of drug-likeness (QED) is 0.699.